The van der Waals surface area contributed by atoms with Crippen molar-refractivity contribution in [3.63, 3.8) is 0 Å². The lowest BCUT2D eigenvalue weighted by atomic mass is 9.88. The minimum absolute atomic E-state index is 0.0266. The fourth-order valence-electron chi connectivity index (χ4n) is 3.45. The monoisotopic (exact) mass is 430 g/mol. The maximum absolute atomic E-state index is 12.5. The zero-order valence-corrected chi connectivity index (χ0v) is 18.2. The maximum atomic E-state index is 12.5. The molecule has 30 heavy (non-hydrogen) atoms. The summed E-state index contributed by atoms with van der Waals surface area (Å²) in [6.07, 6.45) is 2.75. The quantitative estimate of drug-likeness (QED) is 0.648. The number of fused-ring (bicyclic) bond motifs is 1. The molecule has 7 nitrogen and oxygen atoms in total. The molecule has 1 unspecified atom stereocenters. The maximum Gasteiger partial charge on any atom is 0.341 e. The lowest BCUT2D eigenvalue weighted by molar-refractivity contribution is -0.114. The first-order valence-electron chi connectivity index (χ1n) is 9.96. The molecule has 2 aromatic rings. The summed E-state index contributed by atoms with van der Waals surface area (Å²) in [5.41, 5.74) is 2.64. The van der Waals surface area contributed by atoms with E-state index >= 15 is 0 Å². The Balaban J connectivity index is 1.68. The lowest BCUT2D eigenvalue weighted by Gasteiger charge is -2.18. The Labute approximate surface area is 179 Å². The van der Waals surface area contributed by atoms with E-state index in [-0.39, 0.29) is 25.0 Å². The van der Waals surface area contributed by atoms with Crippen molar-refractivity contribution in [3.05, 3.63) is 45.8 Å². The molecule has 0 radical (unpaired) electrons. The molecule has 8 heteroatoms. The molecule has 1 atom stereocenters. The number of hydrogen-bond acceptors (Lipinski definition) is 7. The lowest BCUT2D eigenvalue weighted by Crippen LogP contribution is -2.22. The minimum Gasteiger partial charge on any atom is -0.465 e. The van der Waals surface area contributed by atoms with Crippen LogP contribution in [0.15, 0.2) is 24.3 Å². The van der Waals surface area contributed by atoms with Crippen LogP contribution < -0.4 is 10.6 Å². The molecular weight excluding hydrogens is 404 g/mol. The number of rotatable bonds is 7. The highest BCUT2D eigenvalue weighted by atomic mass is 32.1. The van der Waals surface area contributed by atoms with Crippen molar-refractivity contribution in [3.8, 4) is 0 Å². The van der Waals surface area contributed by atoms with Crippen molar-refractivity contribution in [1.82, 2.24) is 0 Å². The fraction of sp³-hybridized carbons (Fsp3) is 0.409. The van der Waals surface area contributed by atoms with Crippen LogP contribution in [0, 0.1) is 5.92 Å². The van der Waals surface area contributed by atoms with Crippen LogP contribution in [0.5, 0.6) is 0 Å². The van der Waals surface area contributed by atoms with Gasteiger partial charge in [-0.3, -0.25) is 4.79 Å². The third-order valence-electron chi connectivity index (χ3n) is 5.00. The number of hydrogen-bond donors (Lipinski definition) is 2. The Morgan fingerprint density at radius 1 is 1.17 bits per heavy atom. The topological polar surface area (TPSA) is 93.7 Å². The molecule has 1 amide bonds. The summed E-state index contributed by atoms with van der Waals surface area (Å²) in [6.45, 7) is 4.28. The van der Waals surface area contributed by atoms with Gasteiger partial charge in [0, 0.05) is 10.6 Å². The molecule has 0 spiro atoms. The van der Waals surface area contributed by atoms with Crippen LogP contribution in [0.2, 0.25) is 0 Å². The van der Waals surface area contributed by atoms with E-state index in [0.29, 0.717) is 27.7 Å². The average Bonchev–Trinajstić information content (AvgIpc) is 3.09. The molecule has 160 valence electrons. The summed E-state index contributed by atoms with van der Waals surface area (Å²) < 4.78 is 9.90. The number of methoxy groups -OCH3 is 1. The van der Waals surface area contributed by atoms with Gasteiger partial charge in [-0.25, -0.2) is 9.59 Å². The number of carbonyl (C=O) groups is 3. The van der Waals surface area contributed by atoms with Gasteiger partial charge in [-0.2, -0.15) is 0 Å². The predicted octanol–water partition coefficient (Wildman–Crippen LogP) is 3.89. The number of nitrogens with one attached hydrogen (secondary N) is 2. The standard InChI is InChI=1S/C22H26N2O5S/c1-4-29-22(27)19-16-10-5-13(2)11-17(16)30-20(19)24-18(25)12-23-15-8-6-14(7-9-15)21(26)28-3/h6-9,13,23H,4-5,10-12H2,1-3H3,(H,24,25). The second kappa shape index (κ2) is 9.75. The number of amides is 1. The number of benzene rings is 1. The molecular formula is C22H26N2O5S. The summed E-state index contributed by atoms with van der Waals surface area (Å²) in [5.74, 6) is -0.499. The second-order valence-corrected chi connectivity index (χ2v) is 8.35. The van der Waals surface area contributed by atoms with Crippen LogP contribution >= 0.6 is 11.3 Å². The average molecular weight is 431 g/mol. The van der Waals surface area contributed by atoms with E-state index in [4.69, 9.17) is 4.74 Å². The van der Waals surface area contributed by atoms with Crippen molar-refractivity contribution < 1.29 is 23.9 Å². The van der Waals surface area contributed by atoms with Crippen LogP contribution in [0.25, 0.3) is 0 Å². The second-order valence-electron chi connectivity index (χ2n) is 7.25. The third kappa shape index (κ3) is 4.99. The number of ether oxygens (including phenoxy) is 2. The summed E-state index contributed by atoms with van der Waals surface area (Å²) >= 11 is 1.47. The SMILES string of the molecule is CCOC(=O)c1c(NC(=O)CNc2ccc(C(=O)OC)cc2)sc2c1CCC(C)C2. The molecule has 1 aliphatic rings. The third-order valence-corrected chi connectivity index (χ3v) is 6.17. The van der Waals surface area contributed by atoms with Gasteiger partial charge in [0.1, 0.15) is 5.00 Å². The summed E-state index contributed by atoms with van der Waals surface area (Å²) in [5, 5.41) is 6.44. The van der Waals surface area contributed by atoms with Crippen molar-refractivity contribution >= 4 is 39.9 Å². The van der Waals surface area contributed by atoms with Crippen LogP contribution in [0.1, 0.15) is 51.4 Å². The Kier molecular flexibility index (Phi) is 7.10. The van der Waals surface area contributed by atoms with Crippen LogP contribution in [0.4, 0.5) is 10.7 Å². The van der Waals surface area contributed by atoms with Crippen LogP contribution in [-0.2, 0) is 27.1 Å². The Bertz CT molecular complexity index is 936. The molecule has 0 saturated carbocycles. The highest BCUT2D eigenvalue weighted by Crippen LogP contribution is 2.40. The molecule has 0 bridgehead atoms. The molecule has 0 saturated heterocycles. The van der Waals surface area contributed by atoms with E-state index in [2.05, 4.69) is 22.3 Å². The van der Waals surface area contributed by atoms with Gasteiger partial charge in [-0.15, -0.1) is 11.3 Å². The van der Waals surface area contributed by atoms with Gasteiger partial charge in [0.05, 0.1) is 31.4 Å². The summed E-state index contributed by atoms with van der Waals surface area (Å²) in [6, 6.07) is 6.66. The van der Waals surface area contributed by atoms with Gasteiger partial charge in [-0.1, -0.05) is 6.92 Å². The first-order valence-corrected chi connectivity index (χ1v) is 10.8. The van der Waals surface area contributed by atoms with E-state index in [9.17, 15) is 14.4 Å². The summed E-state index contributed by atoms with van der Waals surface area (Å²) in [4.78, 5) is 37.7. The fourth-order valence-corrected chi connectivity index (χ4v) is 4.87. The largest absolute Gasteiger partial charge is 0.465 e. The molecule has 1 aliphatic carbocycles. The van der Waals surface area contributed by atoms with E-state index in [0.717, 1.165) is 29.7 Å². The van der Waals surface area contributed by atoms with Crippen molar-refractivity contribution in [2.45, 2.75) is 33.1 Å². The minimum atomic E-state index is -0.415. The smallest absolute Gasteiger partial charge is 0.341 e. The van der Waals surface area contributed by atoms with E-state index in [1.165, 1.54) is 18.4 Å². The molecule has 0 fully saturated rings. The van der Waals surface area contributed by atoms with E-state index < -0.39 is 5.97 Å². The van der Waals surface area contributed by atoms with E-state index in [1.807, 2.05) is 0 Å². The van der Waals surface area contributed by atoms with Crippen molar-refractivity contribution in [2.75, 3.05) is 30.9 Å². The van der Waals surface area contributed by atoms with Gasteiger partial charge in [-0.05, 0) is 61.9 Å². The number of esters is 2. The predicted molar refractivity (Wildman–Crippen MR) is 116 cm³/mol. The van der Waals surface area contributed by atoms with Gasteiger partial charge in [0.15, 0.2) is 0 Å². The van der Waals surface area contributed by atoms with Crippen molar-refractivity contribution in [2.24, 2.45) is 5.92 Å². The number of carbonyl (C=O) groups excluding carboxylic acids is 3. The van der Waals surface area contributed by atoms with Crippen molar-refractivity contribution in [1.29, 1.82) is 0 Å². The Morgan fingerprint density at radius 3 is 2.57 bits per heavy atom. The Hall–Kier alpha value is -2.87. The first kappa shape index (κ1) is 21.8. The molecule has 1 aromatic carbocycles. The number of anilines is 2. The molecule has 1 heterocycles. The molecule has 1 aromatic heterocycles. The highest BCUT2D eigenvalue weighted by molar-refractivity contribution is 7.17. The molecule has 0 aliphatic heterocycles. The van der Waals surface area contributed by atoms with Crippen LogP contribution in [-0.4, -0.2) is 38.1 Å². The summed E-state index contributed by atoms with van der Waals surface area (Å²) in [7, 11) is 1.33. The van der Waals surface area contributed by atoms with Crippen LogP contribution in [0.3, 0.4) is 0 Å². The Morgan fingerprint density at radius 2 is 1.90 bits per heavy atom. The molecule has 2 N–H and O–H groups in total. The zero-order chi connectivity index (χ0) is 21.7. The first-order chi connectivity index (χ1) is 14.4. The zero-order valence-electron chi connectivity index (χ0n) is 17.4. The van der Waals surface area contributed by atoms with Gasteiger partial charge in [0.25, 0.3) is 0 Å². The van der Waals surface area contributed by atoms with E-state index in [1.54, 1.807) is 31.2 Å². The molecule has 3 rings (SSSR count). The van der Waals surface area contributed by atoms with Gasteiger partial charge >= 0.3 is 11.9 Å². The normalized spacial score (nSPS) is 15.1. The van der Waals surface area contributed by atoms with Gasteiger partial charge < -0.3 is 20.1 Å². The number of thiophene rings is 1. The highest BCUT2D eigenvalue weighted by Gasteiger charge is 2.29. The van der Waals surface area contributed by atoms with Gasteiger partial charge in [0.2, 0.25) is 5.91 Å².